The lowest BCUT2D eigenvalue weighted by Gasteiger charge is -2.24. The second kappa shape index (κ2) is 20.6. The standard InChI is InChI=1S/C22H40N10O10S/c1-10(34)17(21(42)29-5-14(35)27-7-16(37)38)32-20(41)13(8-33)30-15(36)6-28-19(40)12(3-2-4-26-22(24)25)31-18(39)11(23)9-43/h10-13,17,33-34,43H,2-9,23H2,1H3,(H,27,35)(H,28,40)(H,29,42)(H,30,36)(H,31,39)(H,32,41)(H,37,38)(H4,24,25,26). The normalized spacial score (nSPS) is 14.0. The topological polar surface area (TPSA) is 343 Å². The zero-order chi connectivity index (χ0) is 33.1. The molecule has 6 amide bonds. The van der Waals surface area contributed by atoms with E-state index in [0.29, 0.717) is 0 Å². The van der Waals surface area contributed by atoms with E-state index in [9.17, 15) is 43.8 Å². The molecule has 0 bridgehead atoms. The average molecular weight is 637 g/mol. The molecular formula is C22H40N10O10S. The number of aliphatic hydroxyl groups is 2. The molecule has 0 heterocycles. The molecule has 0 aliphatic carbocycles. The quantitative estimate of drug-likeness (QED) is 0.0256. The van der Waals surface area contributed by atoms with Crippen LogP contribution in [0.15, 0.2) is 4.99 Å². The molecule has 5 atom stereocenters. The fraction of sp³-hybridized carbons (Fsp3) is 0.636. The molecule has 15 N–H and O–H groups in total. The Morgan fingerprint density at radius 3 is 1.95 bits per heavy atom. The van der Waals surface area contributed by atoms with Gasteiger partial charge in [0.15, 0.2) is 5.96 Å². The molecule has 0 saturated heterocycles. The number of amides is 6. The van der Waals surface area contributed by atoms with E-state index in [4.69, 9.17) is 22.3 Å². The van der Waals surface area contributed by atoms with Crippen molar-refractivity contribution in [2.45, 2.75) is 50.0 Å². The highest BCUT2D eigenvalue weighted by Gasteiger charge is 2.30. The Labute approximate surface area is 251 Å². The Kier molecular flexibility index (Phi) is 18.6. The van der Waals surface area contributed by atoms with Gasteiger partial charge in [0.25, 0.3) is 0 Å². The fourth-order valence-corrected chi connectivity index (χ4v) is 3.20. The van der Waals surface area contributed by atoms with Gasteiger partial charge < -0.3 is 64.4 Å². The summed E-state index contributed by atoms with van der Waals surface area (Å²) in [5.74, 6) is -6.83. The van der Waals surface area contributed by atoms with Crippen molar-refractivity contribution in [2.75, 3.05) is 38.5 Å². The number of thiol groups is 1. The Morgan fingerprint density at radius 1 is 0.814 bits per heavy atom. The molecular weight excluding hydrogens is 596 g/mol. The third kappa shape index (κ3) is 16.7. The van der Waals surface area contributed by atoms with Crippen molar-refractivity contribution in [1.82, 2.24) is 31.9 Å². The largest absolute Gasteiger partial charge is 0.480 e. The van der Waals surface area contributed by atoms with Gasteiger partial charge in [-0.3, -0.25) is 38.6 Å². The van der Waals surface area contributed by atoms with E-state index in [2.05, 4.69) is 44.2 Å². The summed E-state index contributed by atoms with van der Waals surface area (Å²) < 4.78 is 0. The lowest BCUT2D eigenvalue weighted by molar-refractivity contribution is -0.138. The molecule has 21 heteroatoms. The monoisotopic (exact) mass is 636 g/mol. The van der Waals surface area contributed by atoms with Crippen LogP contribution in [0.1, 0.15) is 19.8 Å². The van der Waals surface area contributed by atoms with Crippen molar-refractivity contribution >= 4 is 60.0 Å². The average Bonchev–Trinajstić information content (AvgIpc) is 2.95. The molecule has 0 aliphatic rings. The SMILES string of the molecule is CC(O)C(NC(=O)C(CO)NC(=O)CNC(=O)C(CCCN=C(N)N)NC(=O)C(N)CS)C(=O)NCC(=O)NCC(=O)O. The number of nitrogens with zero attached hydrogens (tertiary/aromatic N) is 1. The third-order valence-electron chi connectivity index (χ3n) is 5.29. The zero-order valence-corrected chi connectivity index (χ0v) is 24.3. The van der Waals surface area contributed by atoms with Crippen molar-refractivity contribution in [1.29, 1.82) is 0 Å². The van der Waals surface area contributed by atoms with Crippen molar-refractivity contribution in [3.8, 4) is 0 Å². The van der Waals surface area contributed by atoms with Crippen molar-refractivity contribution < 1.29 is 48.9 Å². The molecule has 0 rings (SSSR count). The summed E-state index contributed by atoms with van der Waals surface area (Å²) in [7, 11) is 0. The number of hydrogen-bond donors (Lipinski definition) is 13. The highest BCUT2D eigenvalue weighted by atomic mass is 32.1. The van der Waals surface area contributed by atoms with Crippen LogP contribution in [-0.2, 0) is 33.6 Å². The predicted octanol–water partition coefficient (Wildman–Crippen LogP) is -7.44. The van der Waals surface area contributed by atoms with Crippen LogP contribution in [0.25, 0.3) is 0 Å². The summed E-state index contributed by atoms with van der Waals surface area (Å²) >= 11 is 3.93. The summed E-state index contributed by atoms with van der Waals surface area (Å²) in [6, 6.07) is -5.39. The van der Waals surface area contributed by atoms with Crippen LogP contribution in [-0.4, -0.2) is 132 Å². The van der Waals surface area contributed by atoms with Gasteiger partial charge in [-0.2, -0.15) is 12.6 Å². The van der Waals surface area contributed by atoms with Crippen molar-refractivity contribution in [2.24, 2.45) is 22.2 Å². The number of carboxylic acids is 1. The Hall–Kier alpha value is -4.21. The maximum atomic E-state index is 12.7. The van der Waals surface area contributed by atoms with Crippen molar-refractivity contribution in [3.05, 3.63) is 0 Å². The molecule has 5 unspecified atom stereocenters. The van der Waals surface area contributed by atoms with Gasteiger partial charge in [-0.15, -0.1) is 0 Å². The predicted molar refractivity (Wildman–Crippen MR) is 153 cm³/mol. The van der Waals surface area contributed by atoms with E-state index in [0.717, 1.165) is 6.92 Å². The maximum absolute atomic E-state index is 12.7. The van der Waals surface area contributed by atoms with E-state index in [1.54, 1.807) is 0 Å². The Morgan fingerprint density at radius 2 is 1.42 bits per heavy atom. The van der Waals surface area contributed by atoms with Gasteiger partial charge in [0, 0.05) is 12.3 Å². The molecule has 0 aromatic heterocycles. The fourth-order valence-electron chi connectivity index (χ4n) is 3.04. The van der Waals surface area contributed by atoms with E-state index in [1.807, 2.05) is 5.32 Å². The molecule has 0 saturated carbocycles. The van der Waals surface area contributed by atoms with Gasteiger partial charge in [-0.05, 0) is 19.8 Å². The van der Waals surface area contributed by atoms with Gasteiger partial charge in [0.1, 0.15) is 24.7 Å². The van der Waals surface area contributed by atoms with Gasteiger partial charge in [0.2, 0.25) is 35.4 Å². The summed E-state index contributed by atoms with van der Waals surface area (Å²) in [6.45, 7) is -1.69. The van der Waals surface area contributed by atoms with Gasteiger partial charge in [-0.25, -0.2) is 0 Å². The maximum Gasteiger partial charge on any atom is 0.322 e. The molecule has 0 fully saturated rings. The molecule has 244 valence electrons. The first-order valence-electron chi connectivity index (χ1n) is 12.8. The Bertz CT molecular complexity index is 1020. The number of aliphatic carboxylic acids is 1. The highest BCUT2D eigenvalue weighted by molar-refractivity contribution is 7.80. The molecule has 0 aromatic rings. The molecule has 20 nitrogen and oxygen atoms in total. The molecule has 0 radical (unpaired) electrons. The first-order valence-corrected chi connectivity index (χ1v) is 13.4. The minimum Gasteiger partial charge on any atom is -0.480 e. The van der Waals surface area contributed by atoms with Crippen LogP contribution in [0, 0.1) is 0 Å². The highest BCUT2D eigenvalue weighted by Crippen LogP contribution is 2.00. The number of aliphatic imine (C=N–C) groups is 1. The molecule has 0 aromatic carbocycles. The van der Waals surface area contributed by atoms with Crippen molar-refractivity contribution in [3.63, 3.8) is 0 Å². The van der Waals surface area contributed by atoms with Crippen LogP contribution in [0.3, 0.4) is 0 Å². The first-order chi connectivity index (χ1) is 20.1. The van der Waals surface area contributed by atoms with E-state index < -0.39 is 97.9 Å². The van der Waals surface area contributed by atoms with Crippen LogP contribution in [0.2, 0.25) is 0 Å². The van der Waals surface area contributed by atoms with E-state index in [-0.39, 0.29) is 31.1 Å². The number of carbonyl (C=O) groups excluding carboxylic acids is 6. The molecule has 0 spiro atoms. The van der Waals surface area contributed by atoms with Gasteiger partial charge in [-0.1, -0.05) is 0 Å². The number of nitrogens with one attached hydrogen (secondary N) is 6. The minimum atomic E-state index is -1.63. The molecule has 0 aliphatic heterocycles. The number of guanidine groups is 1. The first kappa shape index (κ1) is 38.8. The number of hydrogen-bond acceptors (Lipinski definition) is 12. The second-order valence-electron chi connectivity index (χ2n) is 8.93. The van der Waals surface area contributed by atoms with Crippen LogP contribution in [0.4, 0.5) is 0 Å². The zero-order valence-electron chi connectivity index (χ0n) is 23.4. The van der Waals surface area contributed by atoms with E-state index in [1.165, 1.54) is 0 Å². The minimum absolute atomic E-state index is 0.000884. The number of carbonyl (C=O) groups is 7. The summed E-state index contributed by atoms with van der Waals surface area (Å²) in [5, 5.41) is 41.1. The number of rotatable bonds is 20. The summed E-state index contributed by atoms with van der Waals surface area (Å²) in [5.41, 5.74) is 16.1. The number of aliphatic hydroxyl groups excluding tert-OH is 2. The van der Waals surface area contributed by atoms with Crippen LogP contribution in [0.5, 0.6) is 0 Å². The second-order valence-corrected chi connectivity index (χ2v) is 9.30. The molecule has 43 heavy (non-hydrogen) atoms. The number of carboxylic acid groups (broad SMARTS) is 1. The number of nitrogens with two attached hydrogens (primary N) is 3. The van der Waals surface area contributed by atoms with Crippen LogP contribution < -0.4 is 49.1 Å². The Balaban J connectivity index is 5.13. The summed E-state index contributed by atoms with van der Waals surface area (Å²) in [4.78, 5) is 88.1. The third-order valence-corrected chi connectivity index (χ3v) is 5.69. The lowest BCUT2D eigenvalue weighted by atomic mass is 10.1. The lowest BCUT2D eigenvalue weighted by Crippen LogP contribution is -2.59. The van der Waals surface area contributed by atoms with Gasteiger partial charge >= 0.3 is 5.97 Å². The van der Waals surface area contributed by atoms with Gasteiger partial charge in [0.05, 0.1) is 31.8 Å². The summed E-state index contributed by atoms with van der Waals surface area (Å²) in [6.07, 6.45) is -1.15. The van der Waals surface area contributed by atoms with Crippen LogP contribution >= 0.6 is 12.6 Å². The van der Waals surface area contributed by atoms with E-state index >= 15 is 0 Å². The smallest absolute Gasteiger partial charge is 0.322 e.